The van der Waals surface area contributed by atoms with Crippen LogP contribution in [0.2, 0.25) is 39.3 Å². The van der Waals surface area contributed by atoms with Crippen molar-refractivity contribution in [1.29, 1.82) is 0 Å². The van der Waals surface area contributed by atoms with Gasteiger partial charge < -0.3 is 0 Å². The molecule has 14 heavy (non-hydrogen) atoms. The first kappa shape index (κ1) is 11.7. The van der Waals surface area contributed by atoms with E-state index in [1.54, 1.807) is 10.4 Å². The Bertz CT molecular complexity index is 287. The van der Waals surface area contributed by atoms with Gasteiger partial charge >= 0.3 is 0 Å². The lowest BCUT2D eigenvalue weighted by atomic mass is 10.4. The van der Waals surface area contributed by atoms with Crippen LogP contribution in [0.4, 0.5) is 0 Å². The highest BCUT2D eigenvalue weighted by atomic mass is 28.3. The van der Waals surface area contributed by atoms with Gasteiger partial charge in [-0.3, -0.25) is 0 Å². The predicted octanol–water partition coefficient (Wildman–Crippen LogP) is 2.78. The van der Waals surface area contributed by atoms with E-state index in [4.69, 9.17) is 0 Å². The average Bonchev–Trinajstić information content (AvgIpc) is 2.01. The number of hydrogen-bond acceptors (Lipinski definition) is 0. The van der Waals surface area contributed by atoms with Gasteiger partial charge in [-0.1, -0.05) is 73.9 Å². The molecule has 0 spiro atoms. The standard InChI is InChI=1S/C12H22Si2/c1-13(2,3)11-8-7-9-12(10-11)14(4,5)6/h7-10H,1-6H3. The molecule has 0 aliphatic carbocycles. The lowest BCUT2D eigenvalue weighted by Crippen LogP contribution is -2.44. The molecule has 0 aromatic heterocycles. The minimum Gasteiger partial charge on any atom is -0.0656 e. The fourth-order valence-electron chi connectivity index (χ4n) is 1.45. The Hall–Kier alpha value is -0.346. The van der Waals surface area contributed by atoms with Crippen molar-refractivity contribution in [2.45, 2.75) is 39.3 Å². The van der Waals surface area contributed by atoms with E-state index < -0.39 is 16.1 Å². The molecule has 0 radical (unpaired) electrons. The van der Waals surface area contributed by atoms with Crippen molar-refractivity contribution >= 4 is 26.5 Å². The summed E-state index contributed by atoms with van der Waals surface area (Å²) < 4.78 is 0. The summed E-state index contributed by atoms with van der Waals surface area (Å²) in [5, 5.41) is 3.19. The van der Waals surface area contributed by atoms with Crippen LogP contribution in [0.1, 0.15) is 0 Å². The molecule has 0 N–H and O–H groups in total. The first-order valence-corrected chi connectivity index (χ1v) is 12.3. The Morgan fingerprint density at radius 1 is 0.714 bits per heavy atom. The lowest BCUT2D eigenvalue weighted by Gasteiger charge is -2.22. The van der Waals surface area contributed by atoms with Crippen molar-refractivity contribution in [2.24, 2.45) is 0 Å². The summed E-state index contributed by atoms with van der Waals surface area (Å²) in [5.41, 5.74) is 0. The number of rotatable bonds is 2. The third-order valence-corrected chi connectivity index (χ3v) is 6.68. The summed E-state index contributed by atoms with van der Waals surface area (Å²) in [4.78, 5) is 0. The molecule has 2 heteroatoms. The van der Waals surface area contributed by atoms with Gasteiger partial charge in [-0.15, -0.1) is 0 Å². The van der Waals surface area contributed by atoms with E-state index >= 15 is 0 Å². The van der Waals surface area contributed by atoms with Crippen molar-refractivity contribution < 1.29 is 0 Å². The maximum Gasteiger partial charge on any atom is 0.0775 e. The van der Waals surface area contributed by atoms with Crippen molar-refractivity contribution in [3.8, 4) is 0 Å². The molecule has 0 heterocycles. The topological polar surface area (TPSA) is 0 Å². The maximum atomic E-state index is 2.46. The van der Waals surface area contributed by atoms with Gasteiger partial charge in [0.1, 0.15) is 0 Å². The Morgan fingerprint density at radius 2 is 1.07 bits per heavy atom. The van der Waals surface area contributed by atoms with Gasteiger partial charge in [0.15, 0.2) is 0 Å². The second-order valence-electron chi connectivity index (χ2n) is 6.08. The molecule has 78 valence electrons. The van der Waals surface area contributed by atoms with Gasteiger partial charge in [0.05, 0.1) is 16.1 Å². The second kappa shape index (κ2) is 3.67. The Kier molecular flexibility index (Phi) is 3.07. The van der Waals surface area contributed by atoms with Gasteiger partial charge in [0.2, 0.25) is 0 Å². The highest BCUT2D eigenvalue weighted by molar-refractivity contribution is 6.91. The second-order valence-corrected chi connectivity index (χ2v) is 16.2. The van der Waals surface area contributed by atoms with E-state index in [-0.39, 0.29) is 0 Å². The summed E-state index contributed by atoms with van der Waals surface area (Å²) in [7, 11) is -2.24. The zero-order chi connectivity index (χ0) is 11.0. The van der Waals surface area contributed by atoms with Crippen molar-refractivity contribution in [1.82, 2.24) is 0 Å². The minimum atomic E-state index is -1.12. The minimum absolute atomic E-state index is 1.12. The molecule has 1 aromatic rings. The maximum absolute atomic E-state index is 2.46. The highest BCUT2D eigenvalue weighted by Gasteiger charge is 2.20. The molecule has 0 nitrogen and oxygen atoms in total. The molecule has 1 rings (SSSR count). The first-order chi connectivity index (χ1) is 6.21. The molecular weight excluding hydrogens is 200 g/mol. The Morgan fingerprint density at radius 3 is 1.36 bits per heavy atom. The SMILES string of the molecule is C[Si](C)(C)c1cccc([Si](C)(C)C)c1. The zero-order valence-electron chi connectivity index (χ0n) is 10.3. The van der Waals surface area contributed by atoms with Crippen molar-refractivity contribution in [3.63, 3.8) is 0 Å². The summed E-state index contributed by atoms with van der Waals surface area (Å²) in [5.74, 6) is 0. The van der Waals surface area contributed by atoms with Crippen LogP contribution in [0, 0.1) is 0 Å². The zero-order valence-corrected chi connectivity index (χ0v) is 12.3. The van der Waals surface area contributed by atoms with E-state index in [2.05, 4.69) is 63.5 Å². The van der Waals surface area contributed by atoms with Crippen LogP contribution in [-0.2, 0) is 0 Å². The van der Waals surface area contributed by atoms with Crippen LogP contribution in [0.25, 0.3) is 0 Å². The van der Waals surface area contributed by atoms with Crippen molar-refractivity contribution in [2.75, 3.05) is 0 Å². The third kappa shape index (κ3) is 2.82. The van der Waals surface area contributed by atoms with E-state index in [1.807, 2.05) is 0 Å². The van der Waals surface area contributed by atoms with Gasteiger partial charge in [0, 0.05) is 0 Å². The van der Waals surface area contributed by atoms with Crippen LogP contribution in [0.15, 0.2) is 24.3 Å². The normalized spacial score (nSPS) is 13.0. The lowest BCUT2D eigenvalue weighted by molar-refractivity contribution is 1.66. The molecule has 1 aromatic carbocycles. The van der Waals surface area contributed by atoms with Gasteiger partial charge in [-0.05, 0) is 0 Å². The van der Waals surface area contributed by atoms with Gasteiger partial charge in [-0.25, -0.2) is 0 Å². The molecule has 0 unspecified atom stereocenters. The molecule has 0 fully saturated rings. The average molecular weight is 222 g/mol. The third-order valence-electron chi connectivity index (χ3n) is 2.59. The van der Waals surface area contributed by atoms with Gasteiger partial charge in [0.25, 0.3) is 0 Å². The molecule has 0 saturated heterocycles. The fourth-order valence-corrected chi connectivity index (χ4v) is 3.97. The monoisotopic (exact) mass is 222 g/mol. The largest absolute Gasteiger partial charge is 0.0775 e. The van der Waals surface area contributed by atoms with E-state index in [1.165, 1.54) is 0 Å². The molecular formula is C12H22Si2. The van der Waals surface area contributed by atoms with Crippen LogP contribution in [0.3, 0.4) is 0 Å². The van der Waals surface area contributed by atoms with Crippen LogP contribution in [0.5, 0.6) is 0 Å². The molecule has 0 amide bonds. The van der Waals surface area contributed by atoms with E-state index in [0.29, 0.717) is 0 Å². The Labute approximate surface area is 90.4 Å². The highest BCUT2D eigenvalue weighted by Crippen LogP contribution is 2.05. The summed E-state index contributed by atoms with van der Waals surface area (Å²) in [6.45, 7) is 14.5. The molecule has 0 saturated carbocycles. The van der Waals surface area contributed by atoms with Crippen molar-refractivity contribution in [3.05, 3.63) is 24.3 Å². The van der Waals surface area contributed by atoms with Gasteiger partial charge in [-0.2, -0.15) is 0 Å². The molecule has 0 atom stereocenters. The number of benzene rings is 1. The molecule has 0 bridgehead atoms. The van der Waals surface area contributed by atoms with Crippen LogP contribution in [-0.4, -0.2) is 16.1 Å². The smallest absolute Gasteiger partial charge is 0.0656 e. The summed E-state index contributed by atoms with van der Waals surface area (Å²) in [6.07, 6.45) is 0. The predicted molar refractivity (Wildman–Crippen MR) is 72.4 cm³/mol. The van der Waals surface area contributed by atoms with Crippen LogP contribution < -0.4 is 10.4 Å². The number of hydrogen-bond donors (Lipinski definition) is 0. The summed E-state index contributed by atoms with van der Waals surface area (Å²) >= 11 is 0. The Balaban J connectivity index is 3.15. The quantitative estimate of drug-likeness (QED) is 0.675. The van der Waals surface area contributed by atoms with E-state index in [0.717, 1.165) is 0 Å². The molecule has 0 aliphatic rings. The summed E-state index contributed by atoms with van der Waals surface area (Å²) in [6, 6.07) is 9.30. The molecule has 0 aliphatic heterocycles. The van der Waals surface area contributed by atoms with E-state index in [9.17, 15) is 0 Å². The first-order valence-electron chi connectivity index (χ1n) is 5.32. The van der Waals surface area contributed by atoms with Crippen LogP contribution >= 0.6 is 0 Å². The fraction of sp³-hybridized carbons (Fsp3) is 0.500.